The third-order valence-electron chi connectivity index (χ3n) is 1.15. The Morgan fingerprint density at radius 2 is 2.07 bits per heavy atom. The summed E-state index contributed by atoms with van der Waals surface area (Å²) in [6.07, 6.45) is 0. The molecule has 0 aromatic carbocycles. The van der Waals surface area contributed by atoms with E-state index in [1.165, 1.54) is 0 Å². The molecule has 0 aliphatic carbocycles. The second-order valence-corrected chi connectivity index (χ2v) is 2.56. The molecule has 0 bridgehead atoms. The van der Waals surface area contributed by atoms with E-state index < -0.39 is 22.8 Å². The molecule has 0 aliphatic heterocycles. The zero-order valence-electron chi connectivity index (χ0n) is 6.64. The molecule has 0 spiro atoms. The highest BCUT2D eigenvalue weighted by Gasteiger charge is 2.06. The van der Waals surface area contributed by atoms with Crippen LogP contribution in [0.4, 0.5) is 5.69 Å². The van der Waals surface area contributed by atoms with Crippen LogP contribution in [0.1, 0.15) is 0 Å². The van der Waals surface area contributed by atoms with Crippen LogP contribution >= 0.6 is 12.2 Å². The van der Waals surface area contributed by atoms with Crippen molar-refractivity contribution in [2.45, 2.75) is 0 Å². The van der Waals surface area contributed by atoms with Crippen LogP contribution in [0.3, 0.4) is 0 Å². The number of aromatic nitrogens is 2. The molecule has 0 amide bonds. The van der Waals surface area contributed by atoms with Gasteiger partial charge < -0.3 is 10.8 Å². The quantitative estimate of drug-likeness (QED) is 0.355. The minimum absolute atomic E-state index is 0.296. The molecular formula is C5H5N5O3S. The van der Waals surface area contributed by atoms with Gasteiger partial charge in [0, 0.05) is 0 Å². The Hall–Kier alpha value is -2.03. The Morgan fingerprint density at radius 3 is 2.57 bits per heavy atom. The van der Waals surface area contributed by atoms with Gasteiger partial charge in [0.15, 0.2) is 0 Å². The zero-order chi connectivity index (χ0) is 10.7. The first-order valence-corrected chi connectivity index (χ1v) is 3.68. The molecule has 14 heavy (non-hydrogen) atoms. The summed E-state index contributed by atoms with van der Waals surface area (Å²) < 4.78 is 0. The molecule has 1 aromatic rings. The average molecular weight is 215 g/mol. The van der Waals surface area contributed by atoms with Gasteiger partial charge in [-0.2, -0.15) is 0 Å². The van der Waals surface area contributed by atoms with Crippen molar-refractivity contribution in [3.05, 3.63) is 20.8 Å². The summed E-state index contributed by atoms with van der Waals surface area (Å²) in [5, 5.41) is 15.2. The third kappa shape index (κ3) is 2.23. The Kier molecular flexibility index (Phi) is 2.72. The van der Waals surface area contributed by atoms with Gasteiger partial charge in [0.1, 0.15) is 0 Å². The number of aromatic amines is 2. The first-order chi connectivity index (χ1) is 6.50. The number of thiocarbonyl (C=S) groups is 1. The van der Waals surface area contributed by atoms with Crippen molar-refractivity contribution in [1.29, 1.82) is 0 Å². The summed E-state index contributed by atoms with van der Waals surface area (Å²) in [6.45, 7) is 0. The van der Waals surface area contributed by atoms with E-state index in [9.17, 15) is 9.59 Å². The number of rotatable bonds is 1. The van der Waals surface area contributed by atoms with Crippen LogP contribution in [0.5, 0.6) is 5.88 Å². The number of azo groups is 1. The summed E-state index contributed by atoms with van der Waals surface area (Å²) >= 11 is 4.36. The standard InChI is InChI=1S/C5H5N5O3S/c6-4(14)10-9-1-2(11)7-5(13)8-3(1)12/h(H2,6,14)(H3,7,8,11,12,13). The van der Waals surface area contributed by atoms with Crippen molar-refractivity contribution in [2.75, 3.05) is 0 Å². The highest BCUT2D eigenvalue weighted by molar-refractivity contribution is 7.80. The van der Waals surface area contributed by atoms with Crippen molar-refractivity contribution in [1.82, 2.24) is 9.97 Å². The van der Waals surface area contributed by atoms with Crippen LogP contribution in [-0.4, -0.2) is 20.2 Å². The van der Waals surface area contributed by atoms with E-state index in [4.69, 9.17) is 10.8 Å². The molecule has 0 radical (unpaired) electrons. The lowest BCUT2D eigenvalue weighted by Gasteiger charge is -1.93. The lowest BCUT2D eigenvalue weighted by atomic mass is 10.5. The van der Waals surface area contributed by atoms with Gasteiger partial charge in [-0.15, -0.1) is 10.2 Å². The van der Waals surface area contributed by atoms with E-state index in [1.807, 2.05) is 9.97 Å². The Bertz CT molecular complexity index is 501. The number of hydrogen-bond acceptors (Lipinski definition) is 5. The molecule has 1 heterocycles. The van der Waals surface area contributed by atoms with Crippen molar-refractivity contribution in [2.24, 2.45) is 16.0 Å². The SMILES string of the molecule is NC(=S)N=Nc1c(O)[nH]c(=O)[nH]c1=O. The number of H-pyrrole nitrogens is 2. The fraction of sp³-hybridized carbons (Fsp3) is 0. The maximum absolute atomic E-state index is 11.0. The van der Waals surface area contributed by atoms with Gasteiger partial charge in [0.05, 0.1) is 0 Å². The molecule has 1 rings (SSSR count). The van der Waals surface area contributed by atoms with Gasteiger partial charge in [-0.3, -0.25) is 14.8 Å². The fourth-order valence-electron chi connectivity index (χ4n) is 0.660. The van der Waals surface area contributed by atoms with Gasteiger partial charge in [-0.1, -0.05) is 0 Å². The van der Waals surface area contributed by atoms with Crippen LogP contribution in [0, 0.1) is 0 Å². The van der Waals surface area contributed by atoms with Crippen LogP contribution in [0.2, 0.25) is 0 Å². The Labute approximate surface area is 81.5 Å². The zero-order valence-corrected chi connectivity index (χ0v) is 7.46. The largest absolute Gasteiger partial charge is 0.493 e. The van der Waals surface area contributed by atoms with Gasteiger partial charge in [-0.25, -0.2) is 4.79 Å². The molecule has 0 atom stereocenters. The topological polar surface area (TPSA) is 137 Å². The summed E-state index contributed by atoms with van der Waals surface area (Å²) in [4.78, 5) is 25.4. The Balaban J connectivity index is 3.29. The molecular weight excluding hydrogens is 210 g/mol. The van der Waals surface area contributed by atoms with Crippen molar-refractivity contribution >= 4 is 23.0 Å². The maximum Gasteiger partial charge on any atom is 0.328 e. The van der Waals surface area contributed by atoms with E-state index in [0.717, 1.165) is 0 Å². The summed E-state index contributed by atoms with van der Waals surface area (Å²) in [5.41, 5.74) is 2.79. The minimum atomic E-state index is -0.883. The van der Waals surface area contributed by atoms with Crippen molar-refractivity contribution in [3.8, 4) is 5.88 Å². The number of nitrogens with two attached hydrogens (primary N) is 1. The molecule has 8 nitrogen and oxygen atoms in total. The highest BCUT2D eigenvalue weighted by Crippen LogP contribution is 2.15. The summed E-state index contributed by atoms with van der Waals surface area (Å²) in [6, 6.07) is 0. The van der Waals surface area contributed by atoms with Crippen LogP contribution in [0.15, 0.2) is 19.8 Å². The number of aromatic hydroxyl groups is 1. The predicted octanol–water partition coefficient (Wildman–Crippen LogP) is -0.904. The molecule has 5 N–H and O–H groups in total. The van der Waals surface area contributed by atoms with Crippen molar-refractivity contribution in [3.63, 3.8) is 0 Å². The minimum Gasteiger partial charge on any atom is -0.493 e. The lowest BCUT2D eigenvalue weighted by Crippen LogP contribution is -2.21. The van der Waals surface area contributed by atoms with Crippen LogP contribution in [-0.2, 0) is 0 Å². The van der Waals surface area contributed by atoms with Crippen molar-refractivity contribution < 1.29 is 5.11 Å². The number of hydrogen-bond donors (Lipinski definition) is 4. The predicted molar refractivity (Wildman–Crippen MR) is 50.6 cm³/mol. The van der Waals surface area contributed by atoms with E-state index in [-0.39, 0.29) is 5.11 Å². The number of nitrogens with zero attached hydrogens (tertiary/aromatic N) is 2. The smallest absolute Gasteiger partial charge is 0.328 e. The molecule has 0 fully saturated rings. The first kappa shape index (κ1) is 10.1. The molecule has 9 heteroatoms. The summed E-state index contributed by atoms with van der Waals surface area (Å²) in [5.74, 6) is -0.696. The van der Waals surface area contributed by atoms with E-state index in [0.29, 0.717) is 0 Å². The van der Waals surface area contributed by atoms with Gasteiger partial charge in [-0.05, 0) is 12.2 Å². The maximum atomic E-state index is 11.0. The molecule has 0 unspecified atom stereocenters. The second kappa shape index (κ2) is 3.79. The fourth-order valence-corrected chi connectivity index (χ4v) is 0.701. The average Bonchev–Trinajstić information content (AvgIpc) is 2.01. The Morgan fingerprint density at radius 1 is 1.43 bits per heavy atom. The second-order valence-electron chi connectivity index (χ2n) is 2.14. The molecule has 1 aromatic heterocycles. The van der Waals surface area contributed by atoms with E-state index >= 15 is 0 Å². The van der Waals surface area contributed by atoms with Gasteiger partial charge in [0.25, 0.3) is 5.56 Å². The monoisotopic (exact) mass is 215 g/mol. The molecule has 0 saturated heterocycles. The molecule has 74 valence electrons. The lowest BCUT2D eigenvalue weighted by molar-refractivity contribution is 0.450. The first-order valence-electron chi connectivity index (χ1n) is 3.27. The van der Waals surface area contributed by atoms with E-state index in [1.54, 1.807) is 0 Å². The summed E-state index contributed by atoms with van der Waals surface area (Å²) in [7, 11) is 0. The van der Waals surface area contributed by atoms with Gasteiger partial charge >= 0.3 is 5.69 Å². The molecule has 0 saturated carbocycles. The van der Waals surface area contributed by atoms with Crippen LogP contribution < -0.4 is 17.0 Å². The third-order valence-corrected chi connectivity index (χ3v) is 1.23. The highest BCUT2D eigenvalue weighted by atomic mass is 32.1. The molecule has 0 aliphatic rings. The van der Waals surface area contributed by atoms with Gasteiger partial charge in [0.2, 0.25) is 16.7 Å². The number of nitrogens with one attached hydrogen (secondary N) is 2. The normalized spacial score (nSPS) is 10.6. The van der Waals surface area contributed by atoms with E-state index in [2.05, 4.69) is 22.4 Å². The van der Waals surface area contributed by atoms with Crippen LogP contribution in [0.25, 0.3) is 0 Å².